The Morgan fingerprint density at radius 2 is 2.11 bits per heavy atom. The molecule has 0 atom stereocenters. The maximum atomic E-state index is 5.79. The van der Waals surface area contributed by atoms with Crippen LogP contribution in [0.15, 0.2) is 24.3 Å². The number of hydrogen-bond acceptors (Lipinski definition) is 4. The van der Waals surface area contributed by atoms with Gasteiger partial charge >= 0.3 is 0 Å². The highest BCUT2D eigenvalue weighted by atomic mass is 32.1. The van der Waals surface area contributed by atoms with Crippen molar-refractivity contribution in [2.24, 2.45) is 5.73 Å². The van der Waals surface area contributed by atoms with E-state index >= 15 is 0 Å². The van der Waals surface area contributed by atoms with E-state index in [1.54, 1.807) is 18.4 Å². The van der Waals surface area contributed by atoms with Crippen LogP contribution < -0.4 is 10.5 Å². The molecule has 0 radical (unpaired) electrons. The molecule has 0 unspecified atom stereocenters. The lowest BCUT2D eigenvalue weighted by Crippen LogP contribution is -1.98. The Kier molecular flexibility index (Phi) is 4.93. The summed E-state index contributed by atoms with van der Waals surface area (Å²) < 4.78 is 5.38. The van der Waals surface area contributed by atoms with Crippen molar-refractivity contribution < 1.29 is 4.74 Å². The van der Waals surface area contributed by atoms with Gasteiger partial charge in [-0.05, 0) is 12.5 Å². The van der Waals surface area contributed by atoms with Crippen LogP contribution in [0.3, 0.4) is 0 Å². The average Bonchev–Trinajstić information content (AvgIpc) is 2.82. The first kappa shape index (κ1) is 14.0. The molecule has 2 N–H and O–H groups in total. The van der Waals surface area contributed by atoms with Gasteiger partial charge in [0, 0.05) is 23.4 Å². The third-order valence-corrected chi connectivity index (χ3v) is 4.15. The first-order valence-electron chi connectivity index (χ1n) is 6.57. The second-order valence-corrected chi connectivity index (χ2v) is 5.59. The third-order valence-electron chi connectivity index (χ3n) is 3.03. The maximum Gasteiger partial charge on any atom is 0.122 e. The molecule has 0 spiro atoms. The maximum absolute atomic E-state index is 5.79. The van der Waals surface area contributed by atoms with Gasteiger partial charge in [0.1, 0.15) is 5.75 Å². The van der Waals surface area contributed by atoms with E-state index in [-0.39, 0.29) is 0 Å². The highest BCUT2D eigenvalue weighted by Gasteiger charge is 2.11. The van der Waals surface area contributed by atoms with Gasteiger partial charge in [0.25, 0.3) is 0 Å². The predicted octanol–water partition coefficient (Wildman–Crippen LogP) is 3.15. The normalized spacial score (nSPS) is 10.7. The van der Waals surface area contributed by atoms with Crippen molar-refractivity contribution >= 4 is 11.3 Å². The first-order valence-corrected chi connectivity index (χ1v) is 7.39. The van der Waals surface area contributed by atoms with Crippen molar-refractivity contribution in [3.05, 3.63) is 45.4 Å². The fourth-order valence-corrected chi connectivity index (χ4v) is 3.13. The van der Waals surface area contributed by atoms with Gasteiger partial charge in [-0.25, -0.2) is 4.98 Å². The van der Waals surface area contributed by atoms with Gasteiger partial charge in [-0.1, -0.05) is 31.5 Å². The number of ether oxygens (including phenoxy) is 1. The van der Waals surface area contributed by atoms with Crippen molar-refractivity contribution in [2.45, 2.75) is 32.7 Å². The topological polar surface area (TPSA) is 48.1 Å². The fourth-order valence-electron chi connectivity index (χ4n) is 2.12. The van der Waals surface area contributed by atoms with Crippen molar-refractivity contribution in [2.75, 3.05) is 7.11 Å². The highest BCUT2D eigenvalue weighted by Crippen LogP contribution is 2.25. The largest absolute Gasteiger partial charge is 0.496 e. The number of aryl methyl sites for hydroxylation is 1. The Bertz CT molecular complexity index is 537. The lowest BCUT2D eigenvalue weighted by Gasteiger charge is -2.05. The van der Waals surface area contributed by atoms with E-state index in [0.717, 1.165) is 30.0 Å². The second kappa shape index (κ2) is 6.68. The van der Waals surface area contributed by atoms with Crippen molar-refractivity contribution in [3.63, 3.8) is 0 Å². The molecule has 0 aliphatic rings. The zero-order valence-corrected chi connectivity index (χ0v) is 12.3. The SMILES string of the molecule is CCCc1nc(Cc2ccccc2OC)sc1CN. The Morgan fingerprint density at radius 3 is 2.79 bits per heavy atom. The fraction of sp³-hybridized carbons (Fsp3) is 0.400. The molecular formula is C15H20N2OS. The summed E-state index contributed by atoms with van der Waals surface area (Å²) in [5, 5.41) is 1.12. The summed E-state index contributed by atoms with van der Waals surface area (Å²) in [4.78, 5) is 5.94. The Morgan fingerprint density at radius 1 is 1.32 bits per heavy atom. The molecule has 4 heteroatoms. The van der Waals surface area contributed by atoms with E-state index < -0.39 is 0 Å². The molecule has 0 saturated heterocycles. The molecule has 0 aliphatic carbocycles. The van der Waals surface area contributed by atoms with Crippen molar-refractivity contribution in [1.29, 1.82) is 0 Å². The number of aromatic nitrogens is 1. The molecule has 1 aromatic heterocycles. The number of benzene rings is 1. The quantitative estimate of drug-likeness (QED) is 0.881. The van der Waals surface area contributed by atoms with Gasteiger partial charge < -0.3 is 10.5 Å². The smallest absolute Gasteiger partial charge is 0.122 e. The van der Waals surface area contributed by atoms with Crippen LogP contribution in [0.1, 0.15) is 34.5 Å². The summed E-state index contributed by atoms with van der Waals surface area (Å²) in [6.07, 6.45) is 2.92. The van der Waals surface area contributed by atoms with Crippen molar-refractivity contribution in [1.82, 2.24) is 4.98 Å². The third kappa shape index (κ3) is 3.33. The Balaban J connectivity index is 2.23. The van der Waals surface area contributed by atoms with Crippen LogP contribution in [0.2, 0.25) is 0 Å². The van der Waals surface area contributed by atoms with Gasteiger partial charge in [0.15, 0.2) is 0 Å². The number of hydrogen-bond donors (Lipinski definition) is 1. The summed E-state index contributed by atoms with van der Waals surface area (Å²) in [5.74, 6) is 0.920. The van der Waals surface area contributed by atoms with E-state index in [0.29, 0.717) is 6.54 Å². The predicted molar refractivity (Wildman–Crippen MR) is 79.8 cm³/mol. The zero-order chi connectivity index (χ0) is 13.7. The van der Waals surface area contributed by atoms with Crippen LogP contribution in [-0.2, 0) is 19.4 Å². The van der Waals surface area contributed by atoms with E-state index in [2.05, 4.69) is 13.0 Å². The standard InChI is InChI=1S/C15H20N2OS/c1-3-6-12-14(10-16)19-15(17-12)9-11-7-4-5-8-13(11)18-2/h4-5,7-8H,3,6,9-10,16H2,1-2H3. The molecule has 19 heavy (non-hydrogen) atoms. The molecule has 1 heterocycles. The van der Waals surface area contributed by atoms with Gasteiger partial charge in [-0.3, -0.25) is 0 Å². The molecule has 1 aromatic carbocycles. The minimum Gasteiger partial charge on any atom is -0.496 e. The first-order chi connectivity index (χ1) is 9.28. The molecule has 0 saturated carbocycles. The number of thiazole rings is 1. The molecule has 3 nitrogen and oxygen atoms in total. The number of rotatable bonds is 6. The average molecular weight is 276 g/mol. The molecule has 0 bridgehead atoms. The Hall–Kier alpha value is -1.39. The van der Waals surface area contributed by atoms with E-state index in [4.69, 9.17) is 15.5 Å². The van der Waals surface area contributed by atoms with E-state index in [1.165, 1.54) is 16.1 Å². The number of methoxy groups -OCH3 is 1. The summed E-state index contributed by atoms with van der Waals surface area (Å²) in [7, 11) is 1.70. The molecule has 102 valence electrons. The van der Waals surface area contributed by atoms with Crippen LogP contribution in [0.5, 0.6) is 5.75 Å². The monoisotopic (exact) mass is 276 g/mol. The van der Waals surface area contributed by atoms with Crippen molar-refractivity contribution in [3.8, 4) is 5.75 Å². The molecule has 0 aliphatic heterocycles. The highest BCUT2D eigenvalue weighted by molar-refractivity contribution is 7.11. The van der Waals surface area contributed by atoms with Gasteiger partial charge in [-0.2, -0.15) is 0 Å². The van der Waals surface area contributed by atoms with Gasteiger partial charge in [-0.15, -0.1) is 11.3 Å². The van der Waals surface area contributed by atoms with Crippen LogP contribution >= 0.6 is 11.3 Å². The van der Waals surface area contributed by atoms with Gasteiger partial charge in [0.05, 0.1) is 17.8 Å². The summed E-state index contributed by atoms with van der Waals surface area (Å²) in [6.45, 7) is 2.75. The second-order valence-electron chi connectivity index (χ2n) is 4.42. The number of nitrogens with two attached hydrogens (primary N) is 1. The van der Waals surface area contributed by atoms with Gasteiger partial charge in [0.2, 0.25) is 0 Å². The van der Waals surface area contributed by atoms with E-state index in [9.17, 15) is 0 Å². The molecule has 2 aromatic rings. The van der Waals surface area contributed by atoms with E-state index in [1.807, 2.05) is 18.2 Å². The molecule has 2 rings (SSSR count). The Labute approximate surface area is 118 Å². The minimum absolute atomic E-state index is 0.582. The van der Waals surface area contributed by atoms with Crippen LogP contribution in [0, 0.1) is 0 Å². The van der Waals surface area contributed by atoms with Crippen LogP contribution in [0.25, 0.3) is 0 Å². The number of nitrogens with zero attached hydrogens (tertiary/aromatic N) is 1. The minimum atomic E-state index is 0.582. The molecular weight excluding hydrogens is 256 g/mol. The lowest BCUT2D eigenvalue weighted by molar-refractivity contribution is 0.410. The van der Waals surface area contributed by atoms with Crippen LogP contribution in [-0.4, -0.2) is 12.1 Å². The summed E-state index contributed by atoms with van der Waals surface area (Å²) in [6, 6.07) is 8.09. The summed E-state index contributed by atoms with van der Waals surface area (Å²) >= 11 is 1.72. The molecule has 0 fully saturated rings. The zero-order valence-electron chi connectivity index (χ0n) is 11.5. The van der Waals surface area contributed by atoms with Crippen LogP contribution in [0.4, 0.5) is 0 Å². The summed E-state index contributed by atoms with van der Waals surface area (Å²) in [5.41, 5.74) is 8.13. The lowest BCUT2D eigenvalue weighted by atomic mass is 10.1. The molecule has 0 amide bonds. The number of para-hydroxylation sites is 1.